The van der Waals surface area contributed by atoms with Gasteiger partial charge in [-0.05, 0) is 55.7 Å². The molecule has 88 valence electrons. The van der Waals surface area contributed by atoms with Crippen molar-refractivity contribution in [3.63, 3.8) is 0 Å². The topological polar surface area (TPSA) is 20.2 Å². The van der Waals surface area contributed by atoms with Crippen LogP contribution in [0.25, 0.3) is 0 Å². The summed E-state index contributed by atoms with van der Waals surface area (Å²) in [5.74, 6) is 0.601. The minimum atomic E-state index is -0.0945. The molecule has 1 N–H and O–H groups in total. The Labute approximate surface area is 102 Å². The molecule has 0 aliphatic heterocycles. The smallest absolute Gasteiger partial charge is 0.0543 e. The highest BCUT2D eigenvalue weighted by Crippen LogP contribution is 2.29. The van der Waals surface area contributed by atoms with Gasteiger partial charge < -0.3 is 5.11 Å². The van der Waals surface area contributed by atoms with Crippen molar-refractivity contribution in [3.05, 3.63) is 34.3 Å². The van der Waals surface area contributed by atoms with Gasteiger partial charge in [-0.15, -0.1) is 0 Å². The van der Waals surface area contributed by atoms with Crippen molar-refractivity contribution in [2.24, 2.45) is 5.92 Å². The molecule has 1 aromatic carbocycles. The van der Waals surface area contributed by atoms with Crippen LogP contribution in [0.5, 0.6) is 0 Å². The van der Waals surface area contributed by atoms with Gasteiger partial charge in [0, 0.05) is 5.02 Å². The SMILES string of the molecule is Cc1ccc(CC2CCCC(O)C2)c(Cl)c1. The fourth-order valence-corrected chi connectivity index (χ4v) is 2.89. The van der Waals surface area contributed by atoms with Gasteiger partial charge in [0.05, 0.1) is 6.10 Å². The predicted molar refractivity (Wildman–Crippen MR) is 67.9 cm³/mol. The van der Waals surface area contributed by atoms with Crippen LogP contribution in [0.2, 0.25) is 5.02 Å². The molecule has 0 radical (unpaired) electrons. The average molecular weight is 239 g/mol. The maximum Gasteiger partial charge on any atom is 0.0543 e. The molecule has 1 aliphatic rings. The molecule has 1 aromatic rings. The van der Waals surface area contributed by atoms with E-state index in [1.807, 2.05) is 6.07 Å². The minimum absolute atomic E-state index is 0.0945. The van der Waals surface area contributed by atoms with E-state index in [0.29, 0.717) is 5.92 Å². The van der Waals surface area contributed by atoms with Gasteiger partial charge >= 0.3 is 0 Å². The van der Waals surface area contributed by atoms with E-state index in [-0.39, 0.29) is 6.10 Å². The van der Waals surface area contributed by atoms with Crippen molar-refractivity contribution in [1.29, 1.82) is 0 Å². The van der Waals surface area contributed by atoms with Gasteiger partial charge in [0.25, 0.3) is 0 Å². The molecule has 2 rings (SSSR count). The monoisotopic (exact) mass is 238 g/mol. The molecule has 16 heavy (non-hydrogen) atoms. The zero-order chi connectivity index (χ0) is 11.5. The lowest BCUT2D eigenvalue weighted by Gasteiger charge is -2.26. The minimum Gasteiger partial charge on any atom is -0.393 e. The standard InChI is InChI=1S/C14H19ClO/c1-10-5-6-12(14(15)7-10)8-11-3-2-4-13(16)9-11/h5-7,11,13,16H,2-4,8-9H2,1H3. The van der Waals surface area contributed by atoms with Crippen molar-refractivity contribution in [2.45, 2.75) is 45.1 Å². The molecule has 1 aliphatic carbocycles. The maximum atomic E-state index is 9.64. The first-order valence-electron chi connectivity index (χ1n) is 6.08. The molecule has 0 bridgehead atoms. The van der Waals surface area contributed by atoms with Gasteiger partial charge in [0.2, 0.25) is 0 Å². The molecular weight excluding hydrogens is 220 g/mol. The van der Waals surface area contributed by atoms with Gasteiger partial charge in [-0.2, -0.15) is 0 Å². The average Bonchev–Trinajstić information content (AvgIpc) is 2.22. The van der Waals surface area contributed by atoms with Crippen LogP contribution < -0.4 is 0 Å². The van der Waals surface area contributed by atoms with Crippen molar-refractivity contribution < 1.29 is 5.11 Å². The molecule has 0 amide bonds. The van der Waals surface area contributed by atoms with E-state index in [0.717, 1.165) is 30.7 Å². The van der Waals surface area contributed by atoms with Crippen molar-refractivity contribution in [1.82, 2.24) is 0 Å². The molecule has 1 saturated carbocycles. The van der Waals surface area contributed by atoms with Crippen LogP contribution in [0.4, 0.5) is 0 Å². The van der Waals surface area contributed by atoms with Crippen LogP contribution in [0, 0.1) is 12.8 Å². The summed E-state index contributed by atoms with van der Waals surface area (Å²) >= 11 is 6.22. The molecule has 2 atom stereocenters. The summed E-state index contributed by atoms with van der Waals surface area (Å²) in [4.78, 5) is 0. The van der Waals surface area contributed by atoms with E-state index in [1.165, 1.54) is 17.5 Å². The van der Waals surface area contributed by atoms with Crippen LogP contribution in [-0.2, 0) is 6.42 Å². The fraction of sp³-hybridized carbons (Fsp3) is 0.571. The third-order valence-electron chi connectivity index (χ3n) is 3.47. The molecule has 0 spiro atoms. The molecule has 2 heteroatoms. The summed E-state index contributed by atoms with van der Waals surface area (Å²) in [6.45, 7) is 2.06. The highest BCUT2D eigenvalue weighted by Gasteiger charge is 2.20. The number of aliphatic hydroxyl groups excluding tert-OH is 1. The second-order valence-corrected chi connectivity index (χ2v) is 5.39. The Morgan fingerprint density at radius 2 is 2.19 bits per heavy atom. The van der Waals surface area contributed by atoms with Crippen molar-refractivity contribution in [3.8, 4) is 0 Å². The molecular formula is C14H19ClO. The number of aryl methyl sites for hydroxylation is 1. The van der Waals surface area contributed by atoms with Crippen LogP contribution in [0.15, 0.2) is 18.2 Å². The highest BCUT2D eigenvalue weighted by atomic mass is 35.5. The molecule has 0 aromatic heterocycles. The Bertz CT molecular complexity index is 362. The summed E-state index contributed by atoms with van der Waals surface area (Å²) in [5, 5.41) is 10.5. The first-order valence-corrected chi connectivity index (χ1v) is 6.46. The Kier molecular flexibility index (Phi) is 3.88. The van der Waals surface area contributed by atoms with Gasteiger partial charge in [-0.1, -0.05) is 30.2 Å². The third kappa shape index (κ3) is 2.99. The van der Waals surface area contributed by atoms with E-state index in [2.05, 4.69) is 19.1 Å². The first kappa shape index (κ1) is 11.9. The lowest BCUT2D eigenvalue weighted by atomic mass is 9.83. The summed E-state index contributed by atoms with van der Waals surface area (Å²) < 4.78 is 0. The van der Waals surface area contributed by atoms with Crippen molar-refractivity contribution in [2.75, 3.05) is 0 Å². The summed E-state index contributed by atoms with van der Waals surface area (Å²) in [5.41, 5.74) is 2.43. The van der Waals surface area contributed by atoms with Gasteiger partial charge in [0.15, 0.2) is 0 Å². The Hall–Kier alpha value is -0.530. The lowest BCUT2D eigenvalue weighted by molar-refractivity contribution is 0.101. The van der Waals surface area contributed by atoms with E-state index in [4.69, 9.17) is 11.6 Å². The lowest BCUT2D eigenvalue weighted by Crippen LogP contribution is -2.21. The second-order valence-electron chi connectivity index (χ2n) is 4.99. The molecule has 2 unspecified atom stereocenters. The zero-order valence-electron chi connectivity index (χ0n) is 9.75. The zero-order valence-corrected chi connectivity index (χ0v) is 10.5. The largest absolute Gasteiger partial charge is 0.393 e. The van der Waals surface area contributed by atoms with Crippen LogP contribution in [0.1, 0.15) is 36.8 Å². The van der Waals surface area contributed by atoms with Crippen molar-refractivity contribution >= 4 is 11.6 Å². The van der Waals surface area contributed by atoms with E-state index in [9.17, 15) is 5.11 Å². The number of hydrogen-bond acceptors (Lipinski definition) is 1. The number of hydrogen-bond donors (Lipinski definition) is 1. The Morgan fingerprint density at radius 3 is 2.88 bits per heavy atom. The Morgan fingerprint density at radius 1 is 1.38 bits per heavy atom. The van der Waals surface area contributed by atoms with Crippen LogP contribution in [-0.4, -0.2) is 11.2 Å². The van der Waals surface area contributed by atoms with E-state index >= 15 is 0 Å². The third-order valence-corrected chi connectivity index (χ3v) is 3.82. The molecule has 1 nitrogen and oxygen atoms in total. The highest BCUT2D eigenvalue weighted by molar-refractivity contribution is 6.31. The second kappa shape index (κ2) is 5.20. The van der Waals surface area contributed by atoms with Gasteiger partial charge in [0.1, 0.15) is 0 Å². The first-order chi connectivity index (χ1) is 7.65. The summed E-state index contributed by atoms with van der Waals surface area (Å²) in [6, 6.07) is 6.26. The number of halogens is 1. The van der Waals surface area contributed by atoms with Gasteiger partial charge in [-0.25, -0.2) is 0 Å². The van der Waals surface area contributed by atoms with E-state index in [1.54, 1.807) is 0 Å². The molecule has 1 fully saturated rings. The maximum absolute atomic E-state index is 9.64. The number of aliphatic hydroxyl groups is 1. The normalized spacial score (nSPS) is 25.7. The predicted octanol–water partition coefficient (Wildman–Crippen LogP) is 3.74. The fourth-order valence-electron chi connectivity index (χ4n) is 2.58. The van der Waals surface area contributed by atoms with Crippen LogP contribution >= 0.6 is 11.6 Å². The van der Waals surface area contributed by atoms with Gasteiger partial charge in [-0.3, -0.25) is 0 Å². The molecule has 0 heterocycles. The number of rotatable bonds is 2. The summed E-state index contributed by atoms with van der Waals surface area (Å²) in [7, 11) is 0. The molecule has 0 saturated heterocycles. The quantitative estimate of drug-likeness (QED) is 0.832. The number of benzene rings is 1. The summed E-state index contributed by atoms with van der Waals surface area (Å²) in [6.07, 6.45) is 5.19. The van der Waals surface area contributed by atoms with Crippen LogP contribution in [0.3, 0.4) is 0 Å². The van der Waals surface area contributed by atoms with E-state index < -0.39 is 0 Å². The Balaban J connectivity index is 2.02.